The molecule has 8 nitrogen and oxygen atoms in total. The van der Waals surface area contributed by atoms with Crippen LogP contribution in [0.2, 0.25) is 0 Å². The topological polar surface area (TPSA) is 123 Å². The Morgan fingerprint density at radius 3 is 2.32 bits per heavy atom. The van der Waals surface area contributed by atoms with Gasteiger partial charge in [-0.3, -0.25) is 4.79 Å². The monoisotopic (exact) mass is 375 g/mol. The molecule has 5 N–H and O–H groups in total. The number of hydrogen-bond acceptors (Lipinski definition) is 7. The van der Waals surface area contributed by atoms with Crippen molar-refractivity contribution in [3.05, 3.63) is 54.4 Å². The van der Waals surface area contributed by atoms with Crippen molar-refractivity contribution in [2.24, 2.45) is 0 Å². The molecule has 1 aliphatic heterocycles. The highest BCUT2D eigenvalue weighted by Crippen LogP contribution is 2.26. The van der Waals surface area contributed by atoms with Gasteiger partial charge < -0.3 is 21.7 Å². The summed E-state index contributed by atoms with van der Waals surface area (Å²) in [5.41, 5.74) is 15.1. The van der Waals surface area contributed by atoms with E-state index >= 15 is 0 Å². The van der Waals surface area contributed by atoms with Crippen LogP contribution in [0.5, 0.6) is 0 Å². The Bertz CT molecular complexity index is 980. The van der Waals surface area contributed by atoms with Gasteiger partial charge in [0.15, 0.2) is 0 Å². The fourth-order valence-electron chi connectivity index (χ4n) is 3.13. The van der Waals surface area contributed by atoms with Gasteiger partial charge in [0.05, 0.1) is 11.9 Å². The normalized spacial score (nSPS) is 14.1. The van der Waals surface area contributed by atoms with E-state index in [2.05, 4.69) is 20.3 Å². The Balaban J connectivity index is 1.60. The maximum Gasteiger partial charge on any atom is 0.253 e. The number of piperazine rings is 1. The van der Waals surface area contributed by atoms with Crippen molar-refractivity contribution in [3.8, 4) is 22.5 Å². The van der Waals surface area contributed by atoms with Gasteiger partial charge >= 0.3 is 0 Å². The molecule has 28 heavy (non-hydrogen) atoms. The standard InChI is InChI=1S/C20H21N7O/c21-17-6-5-15(11-24-17)18-19(22)25-12-16(26-18)13-1-3-14(4-2-13)20(28)27-9-7-23-8-10-27/h1-6,11-12,23H,7-10H2,(H2,21,24)(H2,22,25). The molecule has 1 fully saturated rings. The van der Waals surface area contributed by atoms with Gasteiger partial charge in [0.1, 0.15) is 17.3 Å². The Kier molecular flexibility index (Phi) is 4.86. The zero-order valence-electron chi connectivity index (χ0n) is 15.3. The summed E-state index contributed by atoms with van der Waals surface area (Å²) in [4.78, 5) is 27.4. The summed E-state index contributed by atoms with van der Waals surface area (Å²) in [7, 11) is 0. The Hall–Kier alpha value is -3.52. The fourth-order valence-corrected chi connectivity index (χ4v) is 3.13. The number of carbonyl (C=O) groups excluding carboxylic acids is 1. The average molecular weight is 375 g/mol. The van der Waals surface area contributed by atoms with Crippen LogP contribution < -0.4 is 16.8 Å². The molecule has 3 aromatic rings. The van der Waals surface area contributed by atoms with Crippen LogP contribution in [0.1, 0.15) is 10.4 Å². The molecule has 1 saturated heterocycles. The number of aromatic nitrogens is 3. The van der Waals surface area contributed by atoms with Gasteiger partial charge in [-0.2, -0.15) is 0 Å². The minimum atomic E-state index is 0.0464. The lowest BCUT2D eigenvalue weighted by molar-refractivity contribution is 0.0736. The van der Waals surface area contributed by atoms with Crippen molar-refractivity contribution < 1.29 is 4.79 Å². The molecule has 0 saturated carbocycles. The summed E-state index contributed by atoms with van der Waals surface area (Å²) in [5, 5.41) is 3.25. The van der Waals surface area contributed by atoms with Crippen LogP contribution in [-0.2, 0) is 0 Å². The van der Waals surface area contributed by atoms with Crippen molar-refractivity contribution in [1.29, 1.82) is 0 Å². The van der Waals surface area contributed by atoms with Crippen molar-refractivity contribution in [2.75, 3.05) is 37.6 Å². The number of benzene rings is 1. The zero-order valence-corrected chi connectivity index (χ0v) is 15.3. The van der Waals surface area contributed by atoms with E-state index in [4.69, 9.17) is 11.5 Å². The second-order valence-electron chi connectivity index (χ2n) is 6.58. The molecule has 3 heterocycles. The molecule has 1 amide bonds. The highest BCUT2D eigenvalue weighted by molar-refractivity contribution is 5.94. The van der Waals surface area contributed by atoms with Gasteiger partial charge in [-0.05, 0) is 24.3 Å². The van der Waals surface area contributed by atoms with Crippen LogP contribution >= 0.6 is 0 Å². The maximum atomic E-state index is 12.6. The van der Waals surface area contributed by atoms with Gasteiger partial charge in [0, 0.05) is 49.1 Å². The van der Waals surface area contributed by atoms with E-state index < -0.39 is 0 Å². The summed E-state index contributed by atoms with van der Waals surface area (Å²) < 4.78 is 0. The highest BCUT2D eigenvalue weighted by atomic mass is 16.2. The minimum Gasteiger partial charge on any atom is -0.384 e. The summed E-state index contributed by atoms with van der Waals surface area (Å²) in [5.74, 6) is 0.794. The molecule has 142 valence electrons. The molecule has 2 aromatic heterocycles. The third-order valence-electron chi connectivity index (χ3n) is 4.69. The molecule has 0 spiro atoms. The number of amides is 1. The molecule has 0 atom stereocenters. The Morgan fingerprint density at radius 2 is 1.64 bits per heavy atom. The van der Waals surface area contributed by atoms with Crippen LogP contribution in [0.3, 0.4) is 0 Å². The van der Waals surface area contributed by atoms with Gasteiger partial charge in [-0.15, -0.1) is 0 Å². The Labute approximate surface area is 162 Å². The second kappa shape index (κ2) is 7.61. The molecule has 4 rings (SSSR count). The molecule has 0 aliphatic carbocycles. The minimum absolute atomic E-state index is 0.0464. The predicted molar refractivity (Wildman–Crippen MR) is 108 cm³/mol. The highest BCUT2D eigenvalue weighted by Gasteiger charge is 2.18. The lowest BCUT2D eigenvalue weighted by Gasteiger charge is -2.27. The number of nitrogens with zero attached hydrogens (tertiary/aromatic N) is 4. The van der Waals surface area contributed by atoms with Gasteiger partial charge in [0.2, 0.25) is 0 Å². The number of rotatable bonds is 3. The zero-order chi connectivity index (χ0) is 19.5. The van der Waals surface area contributed by atoms with E-state index in [0.29, 0.717) is 28.6 Å². The van der Waals surface area contributed by atoms with Crippen LogP contribution in [-0.4, -0.2) is 51.9 Å². The number of pyridine rings is 1. The first-order valence-electron chi connectivity index (χ1n) is 9.06. The first kappa shape index (κ1) is 17.9. The number of nitrogen functional groups attached to an aromatic ring is 2. The number of anilines is 2. The molecule has 1 aliphatic rings. The second-order valence-corrected chi connectivity index (χ2v) is 6.58. The number of nitrogens with one attached hydrogen (secondary N) is 1. The van der Waals surface area contributed by atoms with Crippen LogP contribution in [0.15, 0.2) is 48.8 Å². The fraction of sp³-hybridized carbons (Fsp3) is 0.200. The van der Waals surface area contributed by atoms with Gasteiger partial charge in [-0.25, -0.2) is 15.0 Å². The molecule has 0 bridgehead atoms. The number of carbonyl (C=O) groups is 1. The average Bonchev–Trinajstić information content (AvgIpc) is 2.75. The molecule has 0 unspecified atom stereocenters. The van der Waals surface area contributed by atoms with Crippen LogP contribution in [0, 0.1) is 0 Å². The first-order chi connectivity index (χ1) is 13.6. The van der Waals surface area contributed by atoms with E-state index in [1.165, 1.54) is 0 Å². The van der Waals surface area contributed by atoms with Gasteiger partial charge in [0.25, 0.3) is 5.91 Å². The van der Waals surface area contributed by atoms with Crippen molar-refractivity contribution in [2.45, 2.75) is 0 Å². The quantitative estimate of drug-likeness (QED) is 0.632. The number of nitrogens with two attached hydrogens (primary N) is 2. The third-order valence-corrected chi connectivity index (χ3v) is 4.69. The molecular formula is C20H21N7O. The summed E-state index contributed by atoms with van der Waals surface area (Å²) >= 11 is 0. The molecule has 1 aromatic carbocycles. The predicted octanol–water partition coefficient (Wildman–Crippen LogP) is 1.42. The van der Waals surface area contributed by atoms with Crippen molar-refractivity contribution in [3.63, 3.8) is 0 Å². The molecule has 8 heteroatoms. The SMILES string of the molecule is Nc1ccc(-c2nc(-c3ccc(C(=O)N4CCNCC4)cc3)cnc2N)cn1. The summed E-state index contributed by atoms with van der Waals surface area (Å²) in [6, 6.07) is 10.9. The smallest absolute Gasteiger partial charge is 0.253 e. The molecular weight excluding hydrogens is 354 g/mol. The Morgan fingerprint density at radius 1 is 0.929 bits per heavy atom. The summed E-state index contributed by atoms with van der Waals surface area (Å²) in [6.45, 7) is 3.10. The lowest BCUT2D eigenvalue weighted by Crippen LogP contribution is -2.46. The molecule has 0 radical (unpaired) electrons. The van der Waals surface area contributed by atoms with Crippen molar-refractivity contribution >= 4 is 17.5 Å². The van der Waals surface area contributed by atoms with E-state index in [-0.39, 0.29) is 5.91 Å². The van der Waals surface area contributed by atoms with Crippen molar-refractivity contribution in [1.82, 2.24) is 25.2 Å². The van der Waals surface area contributed by atoms with Gasteiger partial charge in [-0.1, -0.05) is 12.1 Å². The van der Waals surface area contributed by atoms with E-state index in [1.807, 2.05) is 35.2 Å². The lowest BCUT2D eigenvalue weighted by atomic mass is 10.1. The van der Waals surface area contributed by atoms with E-state index in [0.717, 1.165) is 37.3 Å². The number of hydrogen-bond donors (Lipinski definition) is 3. The summed E-state index contributed by atoms with van der Waals surface area (Å²) in [6.07, 6.45) is 3.24. The van der Waals surface area contributed by atoms with Crippen LogP contribution in [0.4, 0.5) is 11.6 Å². The van der Waals surface area contributed by atoms with Crippen LogP contribution in [0.25, 0.3) is 22.5 Å². The third kappa shape index (κ3) is 3.63. The first-order valence-corrected chi connectivity index (χ1v) is 9.06. The maximum absolute atomic E-state index is 12.6. The largest absolute Gasteiger partial charge is 0.384 e. The van der Waals surface area contributed by atoms with E-state index in [9.17, 15) is 4.79 Å². The van der Waals surface area contributed by atoms with E-state index in [1.54, 1.807) is 18.5 Å².